The van der Waals surface area contributed by atoms with Gasteiger partial charge in [0.05, 0.1) is 5.97 Å². The van der Waals surface area contributed by atoms with Crippen LogP contribution in [0.3, 0.4) is 0 Å². The summed E-state index contributed by atoms with van der Waals surface area (Å²) in [7, 11) is 0. The Bertz CT molecular complexity index is 698. The van der Waals surface area contributed by atoms with Crippen molar-refractivity contribution in [2.24, 2.45) is 5.92 Å². The Morgan fingerprint density at radius 1 is 1.18 bits per heavy atom. The molecule has 1 aromatic rings. The number of carbonyl (C=O) groups is 4. The first kappa shape index (κ1) is 24.1. The van der Waals surface area contributed by atoms with E-state index in [0.717, 1.165) is 16.9 Å². The molecule has 0 radical (unpaired) electrons. The van der Waals surface area contributed by atoms with Gasteiger partial charge in [-0.1, -0.05) is 44.2 Å². The van der Waals surface area contributed by atoms with E-state index in [1.807, 2.05) is 44.2 Å². The van der Waals surface area contributed by atoms with Gasteiger partial charge in [0.15, 0.2) is 0 Å². The Labute approximate surface area is 186 Å². The van der Waals surface area contributed by atoms with Crippen molar-refractivity contribution in [3.8, 4) is 0 Å². The molecule has 0 bridgehead atoms. The van der Waals surface area contributed by atoms with Crippen LogP contribution in [0.5, 0.6) is 0 Å². The second kappa shape index (κ2) is 11.2. The molecule has 146 valence electrons. The molecule has 1 heterocycles. The third kappa shape index (κ3) is 6.61. The van der Waals surface area contributed by atoms with Gasteiger partial charge < -0.3 is 25.4 Å². The van der Waals surface area contributed by atoms with Gasteiger partial charge in [-0.15, -0.1) is 0 Å². The number of amides is 3. The number of hydrogen-bond acceptors (Lipinski definition) is 5. The number of nitrogens with zero attached hydrogens (tertiary/aromatic N) is 1. The summed E-state index contributed by atoms with van der Waals surface area (Å²) in [6.07, 6.45) is 1.34. The van der Waals surface area contributed by atoms with Gasteiger partial charge in [0.25, 0.3) is 0 Å². The third-order valence-electron chi connectivity index (χ3n) is 4.42. The van der Waals surface area contributed by atoms with Crippen LogP contribution < -0.4 is 45.3 Å². The van der Waals surface area contributed by atoms with Gasteiger partial charge in [0, 0.05) is 13.0 Å². The van der Waals surface area contributed by atoms with Crippen LogP contribution >= 0.6 is 0 Å². The molecule has 0 aliphatic carbocycles. The molecule has 1 aliphatic rings. The second-order valence-electron chi connectivity index (χ2n) is 6.99. The molecule has 0 unspecified atom stereocenters. The first-order valence-electron chi connectivity index (χ1n) is 8.90. The smallest absolute Gasteiger partial charge is 0.548 e. The molecule has 9 heteroatoms. The summed E-state index contributed by atoms with van der Waals surface area (Å²) in [6.45, 7) is 4.55. The van der Waals surface area contributed by atoms with Crippen molar-refractivity contribution in [3.63, 3.8) is 0 Å². The minimum atomic E-state index is -1.50. The zero-order valence-corrected chi connectivity index (χ0v) is 18.4. The summed E-state index contributed by atoms with van der Waals surface area (Å²) < 4.78 is 0. The molecule has 0 spiro atoms. The zero-order chi connectivity index (χ0) is 20.0. The predicted octanol–water partition coefficient (Wildman–Crippen LogP) is -4.16. The van der Waals surface area contributed by atoms with Crippen molar-refractivity contribution >= 4 is 24.2 Å². The fraction of sp³-hybridized carbons (Fsp3) is 0.474. The van der Waals surface area contributed by atoms with Crippen molar-refractivity contribution < 1.29 is 53.8 Å². The van der Waals surface area contributed by atoms with Gasteiger partial charge in [0.2, 0.25) is 18.2 Å². The van der Waals surface area contributed by atoms with E-state index in [4.69, 9.17) is 0 Å². The number of carbonyl (C=O) groups excluding carboxylic acids is 4. The van der Waals surface area contributed by atoms with E-state index < -0.39 is 30.0 Å². The van der Waals surface area contributed by atoms with E-state index in [2.05, 4.69) is 10.6 Å². The maximum Gasteiger partial charge on any atom is 1.00 e. The zero-order valence-electron chi connectivity index (χ0n) is 16.4. The van der Waals surface area contributed by atoms with Crippen LogP contribution in [0, 0.1) is 5.92 Å². The molecule has 1 fully saturated rings. The number of carboxylic acid groups (broad SMARTS) is 1. The summed E-state index contributed by atoms with van der Waals surface area (Å²) in [5.74, 6) is -2.11. The summed E-state index contributed by atoms with van der Waals surface area (Å²) in [4.78, 5) is 47.7. The first-order chi connectivity index (χ1) is 12.8. The minimum absolute atomic E-state index is 0. The maximum absolute atomic E-state index is 12.5. The molecule has 28 heavy (non-hydrogen) atoms. The van der Waals surface area contributed by atoms with E-state index in [9.17, 15) is 24.3 Å². The quantitative estimate of drug-likeness (QED) is 0.236. The molecule has 0 saturated carbocycles. The number of nitrogens with one attached hydrogen (secondary N) is 2. The Balaban J connectivity index is 0.00000392. The summed E-state index contributed by atoms with van der Waals surface area (Å²) in [6, 6.07) is 5.86. The topological polar surface area (TPSA) is 118 Å². The van der Waals surface area contributed by atoms with Gasteiger partial charge in [-0.3, -0.25) is 14.4 Å². The third-order valence-corrected chi connectivity index (χ3v) is 4.42. The number of benzene rings is 1. The molecule has 3 atom stereocenters. The van der Waals surface area contributed by atoms with Crippen molar-refractivity contribution in [1.82, 2.24) is 15.5 Å². The van der Waals surface area contributed by atoms with Gasteiger partial charge in [-0.2, -0.15) is 0 Å². The Kier molecular flexibility index (Phi) is 9.64. The number of hydrogen-bond donors (Lipinski definition) is 2. The Morgan fingerprint density at radius 2 is 1.82 bits per heavy atom. The van der Waals surface area contributed by atoms with Crippen LogP contribution in [0.15, 0.2) is 30.3 Å². The van der Waals surface area contributed by atoms with Crippen LogP contribution in [0.1, 0.15) is 25.8 Å². The van der Waals surface area contributed by atoms with Crippen molar-refractivity contribution in [2.75, 3.05) is 6.54 Å². The van der Waals surface area contributed by atoms with Crippen LogP contribution in [0.4, 0.5) is 0 Å². The monoisotopic (exact) mass is 397 g/mol. The fourth-order valence-corrected chi connectivity index (χ4v) is 2.83. The molecule has 3 amide bonds. The molecule has 2 N–H and O–H groups in total. The van der Waals surface area contributed by atoms with Crippen LogP contribution in [-0.2, 0) is 25.6 Å². The SMILES string of the molecule is CC(C)CCNC(=O)[C@H](Cc1ccccc1)NC(=O)[C@@H]1[C@@H](C(=O)[O-])N1C=O.[Na+]. The number of rotatable bonds is 10. The summed E-state index contributed by atoms with van der Waals surface area (Å²) in [5, 5.41) is 16.4. The Morgan fingerprint density at radius 3 is 2.32 bits per heavy atom. The minimum Gasteiger partial charge on any atom is -0.548 e. The molecular formula is C19H24N3NaO5. The average Bonchev–Trinajstić information content (AvgIpc) is 3.36. The first-order valence-corrected chi connectivity index (χ1v) is 8.90. The molecule has 1 saturated heterocycles. The maximum atomic E-state index is 12.5. The van der Waals surface area contributed by atoms with Gasteiger partial charge in [-0.25, -0.2) is 0 Å². The van der Waals surface area contributed by atoms with Crippen LogP contribution in [0.2, 0.25) is 0 Å². The van der Waals surface area contributed by atoms with Crippen LogP contribution in [-0.4, -0.2) is 53.8 Å². The fourth-order valence-electron chi connectivity index (χ4n) is 2.83. The van der Waals surface area contributed by atoms with Crippen LogP contribution in [0.25, 0.3) is 0 Å². The predicted molar refractivity (Wildman–Crippen MR) is 95.0 cm³/mol. The van der Waals surface area contributed by atoms with Crippen molar-refractivity contribution in [3.05, 3.63) is 35.9 Å². The van der Waals surface area contributed by atoms with E-state index in [1.165, 1.54) is 0 Å². The number of carboxylic acids is 1. The van der Waals surface area contributed by atoms with E-state index in [0.29, 0.717) is 18.9 Å². The standard InChI is InChI=1S/C19H25N3O5.Na/c1-12(2)8-9-20-17(24)14(10-13-6-4-3-5-7-13)21-18(25)15-16(19(26)27)22(15)11-23;/h3-7,11-12,14-16H,8-10H2,1-2H3,(H,20,24)(H,21,25)(H,26,27);/q;+1/p-1/t14-,15-,16-,22?;/m0./s1. The molecule has 0 aromatic heterocycles. The normalized spacial score (nSPS) is 18.6. The van der Waals surface area contributed by atoms with E-state index in [-0.39, 0.29) is 41.9 Å². The molecule has 8 nitrogen and oxygen atoms in total. The summed E-state index contributed by atoms with van der Waals surface area (Å²) in [5.41, 5.74) is 0.848. The van der Waals surface area contributed by atoms with E-state index in [1.54, 1.807) is 0 Å². The second-order valence-corrected chi connectivity index (χ2v) is 6.99. The molecular weight excluding hydrogens is 373 g/mol. The van der Waals surface area contributed by atoms with Gasteiger partial charge in [0.1, 0.15) is 18.1 Å². The van der Waals surface area contributed by atoms with E-state index >= 15 is 0 Å². The molecule has 2 rings (SSSR count). The van der Waals surface area contributed by atoms with Gasteiger partial charge in [-0.05, 0) is 17.9 Å². The molecule has 1 aromatic carbocycles. The van der Waals surface area contributed by atoms with Crippen molar-refractivity contribution in [2.45, 2.75) is 44.8 Å². The molecule has 1 aliphatic heterocycles. The van der Waals surface area contributed by atoms with Crippen molar-refractivity contribution in [1.29, 1.82) is 0 Å². The van der Waals surface area contributed by atoms with Gasteiger partial charge >= 0.3 is 29.6 Å². The largest absolute Gasteiger partial charge is 1.00 e. The summed E-state index contributed by atoms with van der Waals surface area (Å²) >= 11 is 0. The average molecular weight is 397 g/mol. The Hall–Kier alpha value is -1.90. The number of aliphatic carboxylic acids is 1.